The third-order valence-electron chi connectivity index (χ3n) is 2.82. The Bertz CT molecular complexity index is 208. The van der Waals surface area contributed by atoms with E-state index in [9.17, 15) is 4.79 Å². The highest BCUT2D eigenvalue weighted by atomic mass is 16.6. The molecule has 2 atom stereocenters. The van der Waals surface area contributed by atoms with Crippen LogP contribution in [0.3, 0.4) is 0 Å². The summed E-state index contributed by atoms with van der Waals surface area (Å²) in [5, 5.41) is 3.32. The molecule has 2 saturated heterocycles. The smallest absolute Gasteiger partial charge is 0.410 e. The van der Waals surface area contributed by atoms with E-state index in [1.165, 1.54) is 0 Å². The molecule has 0 aromatic heterocycles. The van der Waals surface area contributed by atoms with E-state index in [4.69, 9.17) is 4.74 Å². The van der Waals surface area contributed by atoms with Crippen molar-refractivity contribution in [1.82, 2.24) is 10.2 Å². The van der Waals surface area contributed by atoms with Crippen molar-refractivity contribution in [3.8, 4) is 0 Å². The number of carbonyl (C=O) groups excluding carboxylic acids is 1. The number of amides is 1. The maximum absolute atomic E-state index is 11.5. The quantitative estimate of drug-likeness (QED) is 0.643. The van der Waals surface area contributed by atoms with Crippen molar-refractivity contribution in [1.29, 1.82) is 0 Å². The molecular formula is C9H16N2O2. The van der Waals surface area contributed by atoms with Gasteiger partial charge >= 0.3 is 6.09 Å². The third kappa shape index (κ3) is 1.63. The predicted octanol–water partition coefficient (Wildman–Crippen LogP) is 0.437. The Hall–Kier alpha value is -0.770. The first kappa shape index (κ1) is 8.81. The summed E-state index contributed by atoms with van der Waals surface area (Å²) in [7, 11) is 0. The van der Waals surface area contributed by atoms with Gasteiger partial charge in [-0.15, -0.1) is 0 Å². The van der Waals surface area contributed by atoms with E-state index < -0.39 is 0 Å². The van der Waals surface area contributed by atoms with Crippen LogP contribution < -0.4 is 5.32 Å². The summed E-state index contributed by atoms with van der Waals surface area (Å²) in [4.78, 5) is 13.3. The Morgan fingerprint density at radius 1 is 1.62 bits per heavy atom. The van der Waals surface area contributed by atoms with Crippen molar-refractivity contribution in [3.05, 3.63) is 0 Å². The number of rotatable bonds is 1. The second-order valence-corrected chi connectivity index (χ2v) is 3.77. The minimum absolute atomic E-state index is 0.140. The second-order valence-electron chi connectivity index (χ2n) is 3.77. The molecule has 0 aliphatic carbocycles. The van der Waals surface area contributed by atoms with Gasteiger partial charge in [0.15, 0.2) is 0 Å². The van der Waals surface area contributed by atoms with Gasteiger partial charge in [-0.05, 0) is 25.8 Å². The molecule has 2 bridgehead atoms. The maximum Gasteiger partial charge on any atom is 0.410 e. The molecule has 4 heteroatoms. The molecule has 74 valence electrons. The normalized spacial score (nSPS) is 31.9. The molecule has 2 aliphatic rings. The van der Waals surface area contributed by atoms with Gasteiger partial charge in [0.05, 0.1) is 6.61 Å². The number of piperidine rings is 1. The summed E-state index contributed by atoms with van der Waals surface area (Å²) in [6, 6.07) is 0.373. The molecule has 2 heterocycles. The van der Waals surface area contributed by atoms with Crippen LogP contribution in [0.2, 0.25) is 0 Å². The molecule has 0 aromatic rings. The van der Waals surface area contributed by atoms with Gasteiger partial charge in [-0.1, -0.05) is 0 Å². The molecule has 2 rings (SSSR count). The summed E-state index contributed by atoms with van der Waals surface area (Å²) in [5.41, 5.74) is 0. The van der Waals surface area contributed by atoms with E-state index in [0.717, 1.165) is 26.1 Å². The second kappa shape index (κ2) is 3.54. The first-order valence-corrected chi connectivity index (χ1v) is 4.95. The highest BCUT2D eigenvalue weighted by Crippen LogP contribution is 2.25. The zero-order chi connectivity index (χ0) is 9.26. The number of hydrogen-bond donors (Lipinski definition) is 1. The summed E-state index contributed by atoms with van der Waals surface area (Å²) in [6.07, 6.45) is 1.00. The third-order valence-corrected chi connectivity index (χ3v) is 2.82. The predicted molar refractivity (Wildman–Crippen MR) is 48.5 cm³/mol. The van der Waals surface area contributed by atoms with Gasteiger partial charge in [0.1, 0.15) is 0 Å². The number of nitrogens with one attached hydrogen (secondary N) is 1. The number of nitrogens with zero attached hydrogens (tertiary/aromatic N) is 1. The van der Waals surface area contributed by atoms with E-state index >= 15 is 0 Å². The fourth-order valence-electron chi connectivity index (χ4n) is 2.24. The van der Waals surface area contributed by atoms with Crippen LogP contribution in [0, 0.1) is 5.92 Å². The van der Waals surface area contributed by atoms with E-state index in [2.05, 4.69) is 5.32 Å². The Kier molecular flexibility index (Phi) is 2.40. The molecular weight excluding hydrogens is 168 g/mol. The molecule has 0 aromatic carbocycles. The van der Waals surface area contributed by atoms with Crippen molar-refractivity contribution in [2.45, 2.75) is 19.4 Å². The lowest BCUT2D eigenvalue weighted by atomic mass is 10.0. The standard InChI is InChI=1S/C9H16N2O2/c1-2-13-9(12)11-6-7-3-8(11)5-10-4-7/h7-8,10H,2-6H2,1H3/t7-,8?/m0/s1. The Morgan fingerprint density at radius 2 is 2.46 bits per heavy atom. The van der Waals surface area contributed by atoms with Crippen LogP contribution >= 0.6 is 0 Å². The molecule has 1 amide bonds. The highest BCUT2D eigenvalue weighted by Gasteiger charge is 2.38. The van der Waals surface area contributed by atoms with Crippen LogP contribution in [0.5, 0.6) is 0 Å². The summed E-state index contributed by atoms with van der Waals surface area (Å²) in [6.45, 7) is 5.16. The zero-order valence-electron chi connectivity index (χ0n) is 7.95. The molecule has 0 radical (unpaired) electrons. The number of hydrogen-bond acceptors (Lipinski definition) is 3. The van der Waals surface area contributed by atoms with Crippen LogP contribution in [-0.2, 0) is 4.74 Å². The van der Waals surface area contributed by atoms with Crippen molar-refractivity contribution >= 4 is 6.09 Å². The molecule has 0 saturated carbocycles. The fraction of sp³-hybridized carbons (Fsp3) is 0.889. The highest BCUT2D eigenvalue weighted by molar-refractivity contribution is 5.68. The number of fused-ring (bicyclic) bond motifs is 2. The molecule has 1 unspecified atom stereocenters. The van der Waals surface area contributed by atoms with E-state index in [1.54, 1.807) is 0 Å². The lowest BCUT2D eigenvalue weighted by Crippen LogP contribution is -2.41. The van der Waals surface area contributed by atoms with Crippen molar-refractivity contribution in [2.75, 3.05) is 26.2 Å². The number of ether oxygens (including phenoxy) is 1. The van der Waals surface area contributed by atoms with E-state index in [0.29, 0.717) is 18.6 Å². The van der Waals surface area contributed by atoms with E-state index in [-0.39, 0.29) is 6.09 Å². The lowest BCUT2D eigenvalue weighted by Gasteiger charge is -2.23. The maximum atomic E-state index is 11.5. The van der Waals surface area contributed by atoms with Gasteiger partial charge in [0.25, 0.3) is 0 Å². The van der Waals surface area contributed by atoms with Crippen molar-refractivity contribution in [2.24, 2.45) is 5.92 Å². The molecule has 0 spiro atoms. The van der Waals surface area contributed by atoms with Crippen LogP contribution in [-0.4, -0.2) is 43.3 Å². The summed E-state index contributed by atoms with van der Waals surface area (Å²) in [5.74, 6) is 0.642. The van der Waals surface area contributed by atoms with Gasteiger partial charge in [0, 0.05) is 19.1 Å². The summed E-state index contributed by atoms with van der Waals surface area (Å²) < 4.78 is 4.99. The van der Waals surface area contributed by atoms with Crippen LogP contribution in [0.1, 0.15) is 13.3 Å². The average Bonchev–Trinajstić information content (AvgIpc) is 2.42. The lowest BCUT2D eigenvalue weighted by molar-refractivity contribution is 0.104. The first-order valence-electron chi connectivity index (χ1n) is 4.95. The molecule has 2 fully saturated rings. The Labute approximate surface area is 78.2 Å². The van der Waals surface area contributed by atoms with Crippen molar-refractivity contribution < 1.29 is 9.53 Å². The van der Waals surface area contributed by atoms with Crippen LogP contribution in [0.15, 0.2) is 0 Å². The summed E-state index contributed by atoms with van der Waals surface area (Å²) >= 11 is 0. The minimum atomic E-state index is -0.140. The van der Waals surface area contributed by atoms with Gasteiger partial charge < -0.3 is 15.0 Å². The van der Waals surface area contributed by atoms with Gasteiger partial charge in [0.2, 0.25) is 0 Å². The van der Waals surface area contributed by atoms with Gasteiger partial charge in [-0.25, -0.2) is 4.79 Å². The average molecular weight is 184 g/mol. The zero-order valence-corrected chi connectivity index (χ0v) is 7.95. The monoisotopic (exact) mass is 184 g/mol. The topological polar surface area (TPSA) is 41.6 Å². The van der Waals surface area contributed by atoms with Crippen LogP contribution in [0.4, 0.5) is 4.79 Å². The molecule has 4 nitrogen and oxygen atoms in total. The fourth-order valence-corrected chi connectivity index (χ4v) is 2.24. The number of likely N-dealkylation sites (tertiary alicyclic amines) is 1. The van der Waals surface area contributed by atoms with Gasteiger partial charge in [-0.3, -0.25) is 0 Å². The first-order chi connectivity index (χ1) is 6.31. The van der Waals surface area contributed by atoms with E-state index in [1.807, 2.05) is 11.8 Å². The Balaban J connectivity index is 1.96. The molecule has 1 N–H and O–H groups in total. The number of carbonyl (C=O) groups is 1. The van der Waals surface area contributed by atoms with Gasteiger partial charge in [-0.2, -0.15) is 0 Å². The van der Waals surface area contributed by atoms with Crippen LogP contribution in [0.25, 0.3) is 0 Å². The SMILES string of the molecule is CCOC(=O)N1C[C@@H]2CNCC1C2. The largest absolute Gasteiger partial charge is 0.450 e. The molecule has 2 aliphatic heterocycles. The molecule has 13 heavy (non-hydrogen) atoms. The minimum Gasteiger partial charge on any atom is -0.450 e. The van der Waals surface area contributed by atoms with Crippen molar-refractivity contribution in [3.63, 3.8) is 0 Å². The Morgan fingerprint density at radius 3 is 3.15 bits per heavy atom.